The average Bonchev–Trinajstić information content (AvgIpc) is 2.95. The average molecular weight is 628 g/mol. The van der Waals surface area contributed by atoms with Crippen LogP contribution in [0.3, 0.4) is 0 Å². The summed E-state index contributed by atoms with van der Waals surface area (Å²) in [6.45, 7) is 24.7. The number of nitrogens with one attached hydrogen (secondary N) is 1. The summed E-state index contributed by atoms with van der Waals surface area (Å²) in [4.78, 5) is 32.8. The van der Waals surface area contributed by atoms with E-state index in [0.29, 0.717) is 31.2 Å². The summed E-state index contributed by atoms with van der Waals surface area (Å²) in [6, 6.07) is 13.5. The van der Waals surface area contributed by atoms with Crippen molar-refractivity contribution >= 4 is 23.1 Å². The maximum Gasteiger partial charge on any atom is 0.255 e. The second-order valence-corrected chi connectivity index (χ2v) is 15.0. The van der Waals surface area contributed by atoms with Crippen LogP contribution in [0.1, 0.15) is 109 Å². The number of carbonyl (C=O) groups is 2. The Morgan fingerprint density at radius 2 is 1.65 bits per heavy atom. The summed E-state index contributed by atoms with van der Waals surface area (Å²) in [6.07, 6.45) is 8.17. The summed E-state index contributed by atoms with van der Waals surface area (Å²) in [5.74, 6) is 0.868. The van der Waals surface area contributed by atoms with Crippen molar-refractivity contribution in [3.8, 4) is 5.75 Å². The van der Waals surface area contributed by atoms with Crippen molar-refractivity contribution in [2.24, 2.45) is 10.4 Å². The number of Topliss-reactive ketones (excluding diaryl/α,β-unsaturated/α-hetero) is 1. The number of hydrogen-bond donors (Lipinski definition) is 1. The van der Waals surface area contributed by atoms with Gasteiger partial charge in [-0.3, -0.25) is 19.5 Å². The number of aryl methyl sites for hydroxylation is 2. The molecule has 3 rings (SSSR count). The van der Waals surface area contributed by atoms with Gasteiger partial charge in [0.15, 0.2) is 0 Å². The molecule has 2 aromatic rings. The number of carbonyl (C=O) groups excluding carboxylic acids is 2. The molecule has 1 aliphatic heterocycles. The molecule has 0 saturated carbocycles. The van der Waals surface area contributed by atoms with Gasteiger partial charge >= 0.3 is 0 Å². The molecule has 46 heavy (non-hydrogen) atoms. The Hall–Kier alpha value is -3.51. The molecule has 0 aliphatic carbocycles. The molecule has 6 nitrogen and oxygen atoms in total. The number of ether oxygens (including phenoxy) is 1. The van der Waals surface area contributed by atoms with Crippen LogP contribution in [0, 0.1) is 12.3 Å². The fourth-order valence-electron chi connectivity index (χ4n) is 6.99. The van der Waals surface area contributed by atoms with E-state index in [9.17, 15) is 9.59 Å². The molecule has 0 atom stereocenters. The lowest BCUT2D eigenvalue weighted by Gasteiger charge is -2.54. The zero-order valence-electron chi connectivity index (χ0n) is 30.0. The van der Waals surface area contributed by atoms with Crippen LogP contribution in [0.25, 0.3) is 0 Å². The summed E-state index contributed by atoms with van der Waals surface area (Å²) in [5, 5.41) is 3.02. The molecule has 2 aromatic carbocycles. The van der Waals surface area contributed by atoms with Gasteiger partial charge in [0.2, 0.25) is 0 Å². The van der Waals surface area contributed by atoms with E-state index in [1.165, 1.54) is 0 Å². The Balaban J connectivity index is 1.52. The zero-order valence-corrected chi connectivity index (χ0v) is 30.0. The normalized spacial score (nSPS) is 17.4. The molecule has 1 saturated heterocycles. The Morgan fingerprint density at radius 3 is 2.17 bits per heavy atom. The highest BCUT2D eigenvalue weighted by Crippen LogP contribution is 2.39. The summed E-state index contributed by atoms with van der Waals surface area (Å²) in [7, 11) is 1.80. The van der Waals surface area contributed by atoms with Crippen LogP contribution in [0.15, 0.2) is 71.8 Å². The first-order valence-electron chi connectivity index (χ1n) is 16.8. The van der Waals surface area contributed by atoms with E-state index in [2.05, 4.69) is 83.3 Å². The van der Waals surface area contributed by atoms with E-state index in [0.717, 1.165) is 53.2 Å². The van der Waals surface area contributed by atoms with Crippen LogP contribution >= 0.6 is 0 Å². The van der Waals surface area contributed by atoms with Gasteiger partial charge in [0.25, 0.3) is 5.91 Å². The summed E-state index contributed by atoms with van der Waals surface area (Å²) in [5.41, 5.74) is 5.35. The standard InChI is InChI=1S/C40H57N3O3/c1-12-29(25-36(41-11)38(4,5)6)16-20-32(44)21-17-30-14-18-31(19-15-30)42-37(45)35-23-22-33(24-28(35)3)46-34-26-39(7,8)43(13-2)40(9,10)27-34/h12,14-15,18-19,22-25,34H,1,13,16-17,20-21,26-27H2,2-11H3,(H,42,45)/b29-25+,41-36?. The summed E-state index contributed by atoms with van der Waals surface area (Å²) < 4.78 is 6.48. The van der Waals surface area contributed by atoms with Gasteiger partial charge in [0.05, 0.1) is 0 Å². The fraction of sp³-hybridized carbons (Fsp3) is 0.525. The molecule has 1 heterocycles. The molecule has 1 fully saturated rings. The number of nitrogens with zero attached hydrogens (tertiary/aromatic N) is 2. The van der Waals surface area contributed by atoms with Gasteiger partial charge in [0, 0.05) is 66.2 Å². The Labute approximate surface area is 278 Å². The monoisotopic (exact) mass is 627 g/mol. The molecular formula is C40H57N3O3. The molecule has 0 spiro atoms. The molecular weight excluding hydrogens is 570 g/mol. The molecule has 0 unspecified atom stereocenters. The predicted molar refractivity (Wildman–Crippen MR) is 193 cm³/mol. The van der Waals surface area contributed by atoms with E-state index < -0.39 is 0 Å². The van der Waals surface area contributed by atoms with Crippen molar-refractivity contribution in [2.75, 3.05) is 18.9 Å². The molecule has 6 heteroatoms. The van der Waals surface area contributed by atoms with Crippen LogP contribution < -0.4 is 10.1 Å². The molecule has 1 aliphatic rings. The lowest BCUT2D eigenvalue weighted by Crippen LogP contribution is -2.62. The van der Waals surface area contributed by atoms with E-state index in [-0.39, 0.29) is 34.3 Å². The molecule has 1 amide bonds. The third kappa shape index (κ3) is 9.99. The number of allylic oxidation sites excluding steroid dienone is 3. The topological polar surface area (TPSA) is 71.0 Å². The summed E-state index contributed by atoms with van der Waals surface area (Å²) >= 11 is 0. The zero-order chi connectivity index (χ0) is 34.3. The van der Waals surface area contributed by atoms with E-state index in [1.807, 2.05) is 55.5 Å². The van der Waals surface area contributed by atoms with Gasteiger partial charge in [-0.2, -0.15) is 0 Å². The van der Waals surface area contributed by atoms with Crippen LogP contribution in [-0.4, -0.2) is 53.1 Å². The van der Waals surface area contributed by atoms with Crippen molar-refractivity contribution in [1.82, 2.24) is 4.90 Å². The number of aliphatic imine (C=N–C) groups is 1. The second kappa shape index (κ2) is 15.4. The molecule has 250 valence electrons. The predicted octanol–water partition coefficient (Wildman–Crippen LogP) is 9.18. The SMILES string of the molecule is C=C/C(=C\C(=NC)C(C)(C)C)CCC(=O)CCc1ccc(NC(=O)c2ccc(OC3CC(C)(C)N(CC)C(C)(C)C3)cc2C)cc1. The minimum Gasteiger partial charge on any atom is -0.490 e. The van der Waals surface area contributed by atoms with Gasteiger partial charge in [-0.25, -0.2) is 0 Å². The molecule has 0 aromatic heterocycles. The lowest BCUT2D eigenvalue weighted by atomic mass is 9.78. The van der Waals surface area contributed by atoms with Crippen LogP contribution in [-0.2, 0) is 11.2 Å². The van der Waals surface area contributed by atoms with Crippen LogP contribution in [0.5, 0.6) is 5.75 Å². The minimum atomic E-state index is -0.153. The largest absolute Gasteiger partial charge is 0.490 e. The highest BCUT2D eigenvalue weighted by molar-refractivity contribution is 6.05. The number of ketones is 1. The van der Waals surface area contributed by atoms with Gasteiger partial charge in [-0.1, -0.05) is 52.5 Å². The Kier molecular flexibility index (Phi) is 12.4. The number of hydrogen-bond acceptors (Lipinski definition) is 5. The minimum absolute atomic E-state index is 0.0505. The number of likely N-dealkylation sites (tertiary alicyclic amines) is 1. The highest BCUT2D eigenvalue weighted by atomic mass is 16.5. The first-order valence-corrected chi connectivity index (χ1v) is 16.8. The van der Waals surface area contributed by atoms with Crippen molar-refractivity contribution in [3.63, 3.8) is 0 Å². The first-order chi connectivity index (χ1) is 21.5. The number of piperidine rings is 1. The van der Waals surface area contributed by atoms with Crippen LogP contribution in [0.2, 0.25) is 0 Å². The Bertz CT molecular complexity index is 1420. The Morgan fingerprint density at radius 1 is 1.02 bits per heavy atom. The second-order valence-electron chi connectivity index (χ2n) is 15.0. The number of benzene rings is 2. The third-order valence-corrected chi connectivity index (χ3v) is 9.17. The van der Waals surface area contributed by atoms with Crippen molar-refractivity contribution in [2.45, 2.75) is 118 Å². The highest BCUT2D eigenvalue weighted by Gasteiger charge is 2.45. The van der Waals surface area contributed by atoms with Crippen LogP contribution in [0.4, 0.5) is 5.69 Å². The third-order valence-electron chi connectivity index (χ3n) is 9.17. The van der Waals surface area contributed by atoms with E-state index in [1.54, 1.807) is 7.05 Å². The van der Waals surface area contributed by atoms with E-state index >= 15 is 0 Å². The molecule has 1 N–H and O–H groups in total. The van der Waals surface area contributed by atoms with Gasteiger partial charge in [-0.15, -0.1) is 0 Å². The fourth-order valence-corrected chi connectivity index (χ4v) is 6.99. The van der Waals surface area contributed by atoms with Gasteiger partial charge in [-0.05, 0) is 107 Å². The van der Waals surface area contributed by atoms with Gasteiger partial charge in [0.1, 0.15) is 17.6 Å². The van der Waals surface area contributed by atoms with Crippen molar-refractivity contribution < 1.29 is 14.3 Å². The molecule has 0 bridgehead atoms. The smallest absolute Gasteiger partial charge is 0.255 e. The van der Waals surface area contributed by atoms with Gasteiger partial charge < -0.3 is 10.1 Å². The lowest BCUT2D eigenvalue weighted by molar-refractivity contribution is -0.119. The van der Waals surface area contributed by atoms with Crippen molar-refractivity contribution in [3.05, 3.63) is 83.5 Å². The number of rotatable bonds is 13. The van der Waals surface area contributed by atoms with Crippen molar-refractivity contribution in [1.29, 1.82) is 0 Å². The maximum atomic E-state index is 13.1. The number of anilines is 1. The van der Waals surface area contributed by atoms with E-state index in [4.69, 9.17) is 4.74 Å². The maximum absolute atomic E-state index is 13.1. The first kappa shape index (κ1) is 37.0. The quantitative estimate of drug-likeness (QED) is 0.178. The number of amides is 1. The molecule has 0 radical (unpaired) electrons.